The Morgan fingerprint density at radius 1 is 1.48 bits per heavy atom. The Kier molecular flexibility index (Phi) is 5.35. The summed E-state index contributed by atoms with van der Waals surface area (Å²) in [5, 5.41) is 12.1. The third-order valence-corrected chi connectivity index (χ3v) is 4.05. The SMILES string of the molecule is CCc1ccc(NC(=O)[C@@H]2CCCO[C@@H]2CC)c(C#N)c1. The van der Waals surface area contributed by atoms with Gasteiger partial charge in [0.25, 0.3) is 0 Å². The Bertz CT molecular complexity index is 548. The molecule has 0 radical (unpaired) electrons. The Labute approximate surface area is 126 Å². The summed E-state index contributed by atoms with van der Waals surface area (Å²) in [6.45, 7) is 4.81. The van der Waals surface area contributed by atoms with E-state index in [1.54, 1.807) is 0 Å². The van der Waals surface area contributed by atoms with Crippen molar-refractivity contribution < 1.29 is 9.53 Å². The van der Waals surface area contributed by atoms with E-state index in [0.29, 0.717) is 11.3 Å². The van der Waals surface area contributed by atoms with E-state index in [0.717, 1.165) is 37.9 Å². The standard InChI is InChI=1S/C17H22N2O2/c1-3-12-7-8-15(13(10-12)11-18)19-17(20)14-6-5-9-21-16(14)4-2/h7-8,10,14,16H,3-6,9H2,1-2H3,(H,19,20)/t14-,16-/m1/s1. The number of nitrogens with zero attached hydrogens (tertiary/aromatic N) is 1. The van der Waals surface area contributed by atoms with Crippen molar-refractivity contribution in [1.82, 2.24) is 0 Å². The van der Waals surface area contributed by atoms with Crippen molar-refractivity contribution in [2.24, 2.45) is 5.92 Å². The quantitative estimate of drug-likeness (QED) is 0.924. The molecule has 0 saturated carbocycles. The molecule has 1 heterocycles. The first-order valence-electron chi connectivity index (χ1n) is 7.65. The smallest absolute Gasteiger partial charge is 0.230 e. The number of aryl methyl sites for hydroxylation is 1. The second-order valence-corrected chi connectivity index (χ2v) is 5.40. The van der Waals surface area contributed by atoms with Crippen LogP contribution in [0.15, 0.2) is 18.2 Å². The zero-order valence-electron chi connectivity index (χ0n) is 12.7. The Morgan fingerprint density at radius 3 is 2.95 bits per heavy atom. The zero-order valence-corrected chi connectivity index (χ0v) is 12.7. The number of amides is 1. The molecule has 0 aliphatic carbocycles. The molecule has 4 nitrogen and oxygen atoms in total. The molecule has 1 aromatic carbocycles. The van der Waals surface area contributed by atoms with Gasteiger partial charge in [-0.3, -0.25) is 4.79 Å². The van der Waals surface area contributed by atoms with Gasteiger partial charge in [-0.25, -0.2) is 0 Å². The molecule has 1 saturated heterocycles. The van der Waals surface area contributed by atoms with Gasteiger partial charge in [0, 0.05) is 6.61 Å². The fraction of sp³-hybridized carbons (Fsp3) is 0.529. The minimum absolute atomic E-state index is 0.0146. The molecule has 4 heteroatoms. The lowest BCUT2D eigenvalue weighted by atomic mass is 9.91. The maximum Gasteiger partial charge on any atom is 0.230 e. The summed E-state index contributed by atoms with van der Waals surface area (Å²) in [7, 11) is 0. The highest BCUT2D eigenvalue weighted by Gasteiger charge is 2.30. The van der Waals surface area contributed by atoms with Crippen LogP contribution in [-0.2, 0) is 16.0 Å². The predicted molar refractivity (Wildman–Crippen MR) is 81.9 cm³/mol. The van der Waals surface area contributed by atoms with E-state index in [-0.39, 0.29) is 17.9 Å². The molecule has 1 aliphatic heterocycles. The molecular formula is C17H22N2O2. The molecule has 1 fully saturated rings. The third-order valence-electron chi connectivity index (χ3n) is 4.05. The van der Waals surface area contributed by atoms with Gasteiger partial charge in [0.1, 0.15) is 6.07 Å². The van der Waals surface area contributed by atoms with Crippen LogP contribution >= 0.6 is 0 Å². The number of ether oxygens (including phenoxy) is 1. The lowest BCUT2D eigenvalue weighted by Gasteiger charge is -2.30. The Hall–Kier alpha value is -1.86. The van der Waals surface area contributed by atoms with Gasteiger partial charge >= 0.3 is 0 Å². The van der Waals surface area contributed by atoms with Crippen molar-refractivity contribution in [2.75, 3.05) is 11.9 Å². The molecule has 0 bridgehead atoms. The van der Waals surface area contributed by atoms with Crippen molar-refractivity contribution in [3.63, 3.8) is 0 Å². The maximum absolute atomic E-state index is 12.5. The first kappa shape index (κ1) is 15.5. The summed E-state index contributed by atoms with van der Waals surface area (Å²) < 4.78 is 5.67. The number of hydrogen-bond donors (Lipinski definition) is 1. The maximum atomic E-state index is 12.5. The van der Waals surface area contributed by atoms with Crippen molar-refractivity contribution in [3.8, 4) is 6.07 Å². The Balaban J connectivity index is 2.13. The fourth-order valence-electron chi connectivity index (χ4n) is 2.78. The average molecular weight is 286 g/mol. The number of rotatable bonds is 4. The normalized spacial score (nSPS) is 21.6. The minimum atomic E-state index is -0.124. The van der Waals surface area contributed by atoms with Gasteiger partial charge in [-0.05, 0) is 43.4 Å². The largest absolute Gasteiger partial charge is 0.377 e. The second-order valence-electron chi connectivity index (χ2n) is 5.40. The second kappa shape index (κ2) is 7.24. The number of nitriles is 1. The van der Waals surface area contributed by atoms with Crippen LogP contribution in [0.2, 0.25) is 0 Å². The van der Waals surface area contributed by atoms with E-state index in [1.807, 2.05) is 32.0 Å². The lowest BCUT2D eigenvalue weighted by molar-refractivity contribution is -0.129. The topological polar surface area (TPSA) is 62.1 Å². The average Bonchev–Trinajstić information content (AvgIpc) is 2.55. The van der Waals surface area contributed by atoms with Crippen molar-refractivity contribution in [2.45, 2.75) is 45.6 Å². The number of nitrogens with one attached hydrogen (secondary N) is 1. The van der Waals surface area contributed by atoms with Gasteiger partial charge in [0.05, 0.1) is 23.3 Å². The van der Waals surface area contributed by atoms with E-state index >= 15 is 0 Å². The molecule has 0 aromatic heterocycles. The van der Waals surface area contributed by atoms with Crippen LogP contribution < -0.4 is 5.32 Å². The minimum Gasteiger partial charge on any atom is -0.377 e. The molecule has 2 atom stereocenters. The van der Waals surface area contributed by atoms with Crippen LogP contribution in [0.4, 0.5) is 5.69 Å². The Morgan fingerprint density at radius 2 is 2.29 bits per heavy atom. The lowest BCUT2D eigenvalue weighted by Crippen LogP contribution is -2.37. The first-order valence-corrected chi connectivity index (χ1v) is 7.65. The fourth-order valence-corrected chi connectivity index (χ4v) is 2.78. The van der Waals surface area contributed by atoms with Gasteiger partial charge in [-0.2, -0.15) is 5.26 Å². The summed E-state index contributed by atoms with van der Waals surface area (Å²) in [6.07, 6.45) is 3.45. The van der Waals surface area contributed by atoms with Crippen molar-refractivity contribution >= 4 is 11.6 Å². The number of carbonyl (C=O) groups is 1. The van der Waals surface area contributed by atoms with Crippen LogP contribution in [0.25, 0.3) is 0 Å². The van der Waals surface area contributed by atoms with Crippen LogP contribution in [0.5, 0.6) is 0 Å². The molecule has 1 aliphatic rings. The van der Waals surface area contributed by atoms with Gasteiger partial charge < -0.3 is 10.1 Å². The highest BCUT2D eigenvalue weighted by atomic mass is 16.5. The van der Waals surface area contributed by atoms with Gasteiger partial charge in [0.15, 0.2) is 0 Å². The van der Waals surface area contributed by atoms with Gasteiger partial charge in [-0.1, -0.05) is 19.9 Å². The summed E-state index contributed by atoms with van der Waals surface area (Å²) in [5.41, 5.74) is 2.21. The molecule has 0 spiro atoms. The molecule has 112 valence electrons. The summed E-state index contributed by atoms with van der Waals surface area (Å²) in [4.78, 5) is 12.5. The van der Waals surface area contributed by atoms with Crippen LogP contribution in [0.3, 0.4) is 0 Å². The highest BCUT2D eigenvalue weighted by molar-refractivity contribution is 5.94. The molecule has 21 heavy (non-hydrogen) atoms. The molecular weight excluding hydrogens is 264 g/mol. The van der Waals surface area contributed by atoms with Crippen LogP contribution in [0.1, 0.15) is 44.2 Å². The highest BCUT2D eigenvalue weighted by Crippen LogP contribution is 2.26. The van der Waals surface area contributed by atoms with E-state index < -0.39 is 0 Å². The summed E-state index contributed by atoms with van der Waals surface area (Å²) >= 11 is 0. The van der Waals surface area contributed by atoms with Crippen LogP contribution in [0, 0.1) is 17.2 Å². The molecule has 1 N–H and O–H groups in total. The predicted octanol–water partition coefficient (Wildman–Crippen LogP) is 3.26. The zero-order chi connectivity index (χ0) is 15.2. The number of anilines is 1. The van der Waals surface area contributed by atoms with E-state index in [4.69, 9.17) is 4.74 Å². The van der Waals surface area contributed by atoms with Gasteiger partial charge in [0.2, 0.25) is 5.91 Å². The molecule has 1 aromatic rings. The van der Waals surface area contributed by atoms with Gasteiger partial charge in [-0.15, -0.1) is 0 Å². The summed E-state index contributed by atoms with van der Waals surface area (Å²) in [5.74, 6) is -0.163. The monoisotopic (exact) mass is 286 g/mol. The molecule has 1 amide bonds. The molecule has 0 unspecified atom stereocenters. The first-order chi connectivity index (χ1) is 10.2. The van der Waals surface area contributed by atoms with E-state index in [9.17, 15) is 10.1 Å². The van der Waals surface area contributed by atoms with Crippen molar-refractivity contribution in [3.05, 3.63) is 29.3 Å². The van der Waals surface area contributed by atoms with E-state index in [1.165, 1.54) is 0 Å². The van der Waals surface area contributed by atoms with Crippen molar-refractivity contribution in [1.29, 1.82) is 5.26 Å². The number of hydrogen-bond acceptors (Lipinski definition) is 3. The third kappa shape index (κ3) is 3.62. The summed E-state index contributed by atoms with van der Waals surface area (Å²) in [6, 6.07) is 7.76. The number of carbonyl (C=O) groups excluding carboxylic acids is 1. The van der Waals surface area contributed by atoms with Crippen LogP contribution in [-0.4, -0.2) is 18.6 Å². The van der Waals surface area contributed by atoms with E-state index in [2.05, 4.69) is 11.4 Å². The molecule has 2 rings (SSSR count). The number of benzene rings is 1.